The van der Waals surface area contributed by atoms with Gasteiger partial charge in [-0.2, -0.15) is 13.2 Å². The van der Waals surface area contributed by atoms with E-state index in [1.807, 2.05) is 0 Å². The van der Waals surface area contributed by atoms with Gasteiger partial charge in [-0.25, -0.2) is 4.39 Å². The number of nitrogens with one attached hydrogen (secondary N) is 1. The van der Waals surface area contributed by atoms with Crippen LogP contribution in [0.25, 0.3) is 0 Å². The molecule has 0 fully saturated rings. The first-order valence-electron chi connectivity index (χ1n) is 5.31. The highest BCUT2D eigenvalue weighted by Crippen LogP contribution is 2.33. The average Bonchev–Trinajstić information content (AvgIpc) is 2.66. The van der Waals surface area contributed by atoms with Crippen molar-refractivity contribution in [1.82, 2.24) is 0 Å². The number of benzene rings is 1. The van der Waals surface area contributed by atoms with Gasteiger partial charge in [0.05, 0.1) is 16.6 Å². The van der Waals surface area contributed by atoms with Crippen LogP contribution in [-0.2, 0) is 12.7 Å². The Morgan fingerprint density at radius 1 is 1.15 bits per heavy atom. The number of halogens is 6. The summed E-state index contributed by atoms with van der Waals surface area (Å²) < 4.78 is 57.2. The molecule has 0 aliphatic rings. The van der Waals surface area contributed by atoms with E-state index in [-0.39, 0.29) is 12.2 Å². The molecule has 0 aliphatic heterocycles. The smallest absolute Gasteiger partial charge is 0.419 e. The molecule has 1 heterocycles. The molecule has 2 aromatic rings. The van der Waals surface area contributed by atoms with Crippen molar-refractivity contribution in [2.24, 2.45) is 0 Å². The number of furan rings is 1. The van der Waals surface area contributed by atoms with E-state index in [1.165, 1.54) is 6.07 Å². The van der Waals surface area contributed by atoms with Gasteiger partial charge in [-0.3, -0.25) is 0 Å². The molecule has 0 spiro atoms. The molecule has 0 unspecified atom stereocenters. The standard InChI is InChI=1S/C12H7Br2F4NO/c13-9-4-7(20-11(9)14)5-19-6-1-2-10(15)8(3-6)12(16,17)18/h1-4,19H,5H2. The summed E-state index contributed by atoms with van der Waals surface area (Å²) in [5.74, 6) is -0.784. The van der Waals surface area contributed by atoms with E-state index in [1.54, 1.807) is 6.07 Å². The van der Waals surface area contributed by atoms with Gasteiger partial charge in [-0.1, -0.05) is 0 Å². The molecule has 0 bridgehead atoms. The predicted molar refractivity (Wildman–Crippen MR) is 72.8 cm³/mol. The SMILES string of the molecule is Fc1ccc(NCc2cc(Br)c(Br)o2)cc1C(F)(F)F. The minimum atomic E-state index is -4.72. The third-order valence-corrected chi connectivity index (χ3v) is 4.14. The highest BCUT2D eigenvalue weighted by molar-refractivity contribution is 9.13. The highest BCUT2D eigenvalue weighted by Gasteiger charge is 2.34. The fourth-order valence-electron chi connectivity index (χ4n) is 1.52. The van der Waals surface area contributed by atoms with Crippen LogP contribution in [0.4, 0.5) is 23.2 Å². The molecular weight excluding hydrogens is 410 g/mol. The molecule has 20 heavy (non-hydrogen) atoms. The van der Waals surface area contributed by atoms with E-state index < -0.39 is 17.6 Å². The quantitative estimate of drug-likeness (QED) is 0.661. The summed E-state index contributed by atoms with van der Waals surface area (Å²) in [6, 6.07) is 4.41. The molecule has 1 aromatic carbocycles. The predicted octanol–water partition coefficient (Wildman–Crippen LogP) is 5.57. The summed E-state index contributed by atoms with van der Waals surface area (Å²) in [4.78, 5) is 0. The largest absolute Gasteiger partial charge is 0.451 e. The monoisotopic (exact) mass is 415 g/mol. The average molecular weight is 417 g/mol. The van der Waals surface area contributed by atoms with Crippen LogP contribution in [0.5, 0.6) is 0 Å². The van der Waals surface area contributed by atoms with Gasteiger partial charge in [-0.15, -0.1) is 0 Å². The summed E-state index contributed by atoms with van der Waals surface area (Å²) in [7, 11) is 0. The van der Waals surface area contributed by atoms with Crippen molar-refractivity contribution >= 4 is 37.5 Å². The maximum atomic E-state index is 13.1. The molecule has 1 N–H and O–H groups in total. The first-order valence-corrected chi connectivity index (χ1v) is 6.90. The summed E-state index contributed by atoms with van der Waals surface area (Å²) in [6.45, 7) is 0.174. The van der Waals surface area contributed by atoms with Crippen molar-refractivity contribution in [3.63, 3.8) is 0 Å². The summed E-state index contributed by atoms with van der Waals surface area (Å²) in [5, 5.41) is 2.74. The Labute approximate surface area is 128 Å². The van der Waals surface area contributed by atoms with Gasteiger partial charge in [0.1, 0.15) is 11.6 Å². The van der Waals surface area contributed by atoms with Crippen LogP contribution in [-0.4, -0.2) is 0 Å². The van der Waals surface area contributed by atoms with Crippen molar-refractivity contribution in [1.29, 1.82) is 0 Å². The van der Waals surface area contributed by atoms with Crippen molar-refractivity contribution in [2.45, 2.75) is 12.7 Å². The molecule has 8 heteroatoms. The van der Waals surface area contributed by atoms with E-state index in [4.69, 9.17) is 4.42 Å². The molecule has 0 saturated carbocycles. The van der Waals surface area contributed by atoms with E-state index in [0.717, 1.165) is 12.1 Å². The number of rotatable bonds is 3. The van der Waals surface area contributed by atoms with Crippen LogP contribution in [0.1, 0.15) is 11.3 Å². The van der Waals surface area contributed by atoms with Gasteiger partial charge in [0.25, 0.3) is 0 Å². The Kier molecular flexibility index (Phi) is 4.43. The lowest BCUT2D eigenvalue weighted by Gasteiger charge is -2.11. The van der Waals surface area contributed by atoms with Gasteiger partial charge in [-0.05, 0) is 56.1 Å². The van der Waals surface area contributed by atoms with Gasteiger partial charge >= 0.3 is 6.18 Å². The third-order valence-electron chi connectivity index (χ3n) is 2.43. The number of hydrogen-bond acceptors (Lipinski definition) is 2. The molecular formula is C12H7Br2F4NO. The molecule has 0 amide bonds. The lowest BCUT2D eigenvalue weighted by molar-refractivity contribution is -0.139. The maximum Gasteiger partial charge on any atom is 0.419 e. The van der Waals surface area contributed by atoms with Crippen LogP contribution in [0.15, 0.2) is 37.8 Å². The molecule has 0 atom stereocenters. The molecule has 0 saturated heterocycles. The molecule has 1 aromatic heterocycles. The van der Waals surface area contributed by atoms with E-state index in [0.29, 0.717) is 14.9 Å². The Morgan fingerprint density at radius 2 is 1.85 bits per heavy atom. The molecule has 2 nitrogen and oxygen atoms in total. The first kappa shape index (κ1) is 15.4. The Morgan fingerprint density at radius 3 is 2.40 bits per heavy atom. The summed E-state index contributed by atoms with van der Waals surface area (Å²) in [6.07, 6.45) is -4.72. The lowest BCUT2D eigenvalue weighted by Crippen LogP contribution is -2.09. The van der Waals surface area contributed by atoms with Crippen LogP contribution in [0.2, 0.25) is 0 Å². The zero-order valence-corrected chi connectivity index (χ0v) is 12.9. The molecule has 108 valence electrons. The zero-order chi connectivity index (χ0) is 14.9. The van der Waals surface area contributed by atoms with Crippen molar-refractivity contribution in [3.05, 3.63) is 50.5 Å². The van der Waals surface area contributed by atoms with Gasteiger partial charge in [0.15, 0.2) is 4.67 Å². The normalized spacial score (nSPS) is 11.7. The van der Waals surface area contributed by atoms with Crippen LogP contribution >= 0.6 is 31.9 Å². The van der Waals surface area contributed by atoms with Crippen molar-refractivity contribution in [2.75, 3.05) is 5.32 Å². The lowest BCUT2D eigenvalue weighted by atomic mass is 10.2. The van der Waals surface area contributed by atoms with Crippen LogP contribution in [0.3, 0.4) is 0 Å². The highest BCUT2D eigenvalue weighted by atomic mass is 79.9. The number of alkyl halides is 3. The van der Waals surface area contributed by atoms with E-state index in [9.17, 15) is 17.6 Å². The summed E-state index contributed by atoms with van der Waals surface area (Å²) in [5.41, 5.74) is -1.15. The second-order valence-electron chi connectivity index (χ2n) is 3.88. The van der Waals surface area contributed by atoms with Gasteiger partial charge in [0.2, 0.25) is 0 Å². The topological polar surface area (TPSA) is 25.2 Å². The first-order chi connectivity index (χ1) is 9.27. The van der Waals surface area contributed by atoms with Gasteiger partial charge < -0.3 is 9.73 Å². The minimum absolute atomic E-state index is 0.155. The second kappa shape index (κ2) is 5.77. The third kappa shape index (κ3) is 3.54. The fraction of sp³-hybridized carbons (Fsp3) is 0.167. The Balaban J connectivity index is 2.14. The molecule has 2 rings (SSSR count). The molecule has 0 radical (unpaired) electrons. The van der Waals surface area contributed by atoms with Crippen molar-refractivity contribution < 1.29 is 22.0 Å². The zero-order valence-electron chi connectivity index (χ0n) is 9.69. The second-order valence-corrected chi connectivity index (χ2v) is 5.45. The van der Waals surface area contributed by atoms with Crippen molar-refractivity contribution in [3.8, 4) is 0 Å². The number of anilines is 1. The number of hydrogen-bond donors (Lipinski definition) is 1. The summed E-state index contributed by atoms with van der Waals surface area (Å²) >= 11 is 6.37. The fourth-order valence-corrected chi connectivity index (χ4v) is 2.18. The van der Waals surface area contributed by atoms with E-state index >= 15 is 0 Å². The Bertz CT molecular complexity index is 605. The Hall–Kier alpha value is -1.02. The van der Waals surface area contributed by atoms with Crippen LogP contribution < -0.4 is 5.32 Å². The maximum absolute atomic E-state index is 13.1. The minimum Gasteiger partial charge on any atom is -0.451 e. The van der Waals surface area contributed by atoms with Gasteiger partial charge in [0, 0.05) is 5.69 Å². The molecule has 0 aliphatic carbocycles. The van der Waals surface area contributed by atoms with Crippen LogP contribution in [0, 0.1) is 5.82 Å². The van der Waals surface area contributed by atoms with E-state index in [2.05, 4.69) is 37.2 Å².